The first-order valence-electron chi connectivity index (χ1n) is 16.6. The highest BCUT2D eigenvalue weighted by molar-refractivity contribution is 5.79. The Balaban J connectivity index is 0.000000157. The quantitative estimate of drug-likeness (QED) is 0.165. The van der Waals surface area contributed by atoms with Gasteiger partial charge in [0.15, 0.2) is 0 Å². The number of aromatic nitrogens is 2. The number of pyridine rings is 2. The smallest absolute Gasteiger partial charge is 0.0462 e. The summed E-state index contributed by atoms with van der Waals surface area (Å²) >= 11 is 0. The average molecular weight is 645 g/mol. The predicted octanol–water partition coefficient (Wildman–Crippen LogP) is 12.4. The third kappa shape index (κ3) is 7.67. The van der Waals surface area contributed by atoms with Crippen molar-refractivity contribution >= 4 is 34.1 Å². The van der Waals surface area contributed by atoms with Crippen LogP contribution < -0.4 is 9.80 Å². The highest BCUT2D eigenvalue weighted by atomic mass is 15.1. The predicted molar refractivity (Wildman–Crippen MR) is 209 cm³/mol. The topological polar surface area (TPSA) is 32.3 Å². The Hall–Kier alpha value is -6.78. The van der Waals surface area contributed by atoms with Crippen LogP contribution in [0.2, 0.25) is 0 Å². The minimum absolute atomic E-state index is 1.13. The maximum atomic E-state index is 4.20. The van der Waals surface area contributed by atoms with E-state index in [2.05, 4.69) is 177 Å². The number of rotatable bonds is 8. The monoisotopic (exact) mass is 644 g/mol. The number of nitrogens with zero attached hydrogens (tertiary/aromatic N) is 4. The highest BCUT2D eigenvalue weighted by Crippen LogP contribution is 2.36. The van der Waals surface area contributed by atoms with Gasteiger partial charge in [0, 0.05) is 58.9 Å². The van der Waals surface area contributed by atoms with Gasteiger partial charge in [0.25, 0.3) is 0 Å². The Morgan fingerprint density at radius 3 is 0.780 bits per heavy atom. The van der Waals surface area contributed by atoms with Crippen LogP contribution in [0.15, 0.2) is 219 Å². The van der Waals surface area contributed by atoms with E-state index in [1.807, 2.05) is 48.8 Å². The Kier molecular flexibility index (Phi) is 10.1. The lowest BCUT2D eigenvalue weighted by Crippen LogP contribution is -2.09. The van der Waals surface area contributed by atoms with E-state index in [4.69, 9.17) is 0 Å². The van der Waals surface area contributed by atoms with Crippen molar-refractivity contribution in [3.8, 4) is 22.3 Å². The van der Waals surface area contributed by atoms with Crippen LogP contribution in [0.1, 0.15) is 0 Å². The summed E-state index contributed by atoms with van der Waals surface area (Å²) in [6, 6.07) is 67.0. The zero-order valence-corrected chi connectivity index (χ0v) is 27.6. The molecular formula is C46H36N4. The van der Waals surface area contributed by atoms with E-state index in [-0.39, 0.29) is 0 Å². The highest BCUT2D eigenvalue weighted by Gasteiger charge is 2.13. The first kappa shape index (κ1) is 31.8. The van der Waals surface area contributed by atoms with Gasteiger partial charge < -0.3 is 9.80 Å². The lowest BCUT2D eigenvalue weighted by molar-refractivity contribution is 1.28. The number of hydrogen-bond donors (Lipinski definition) is 0. The van der Waals surface area contributed by atoms with Gasteiger partial charge in [0.1, 0.15) is 0 Å². The van der Waals surface area contributed by atoms with Gasteiger partial charge in [-0.25, -0.2) is 0 Å². The number of benzene rings is 6. The molecule has 0 unspecified atom stereocenters. The third-order valence-corrected chi connectivity index (χ3v) is 8.30. The first-order chi connectivity index (χ1) is 24.8. The molecule has 0 bridgehead atoms. The summed E-state index contributed by atoms with van der Waals surface area (Å²) in [5, 5.41) is 0. The largest absolute Gasteiger partial charge is 0.311 e. The molecule has 50 heavy (non-hydrogen) atoms. The normalized spacial score (nSPS) is 10.4. The fourth-order valence-electron chi connectivity index (χ4n) is 5.88. The van der Waals surface area contributed by atoms with E-state index in [1.54, 1.807) is 12.4 Å². The molecule has 4 heteroatoms. The van der Waals surface area contributed by atoms with E-state index < -0.39 is 0 Å². The summed E-state index contributed by atoms with van der Waals surface area (Å²) in [6.07, 6.45) is 7.37. The maximum absolute atomic E-state index is 4.20. The van der Waals surface area contributed by atoms with E-state index >= 15 is 0 Å². The van der Waals surface area contributed by atoms with Gasteiger partial charge >= 0.3 is 0 Å². The van der Waals surface area contributed by atoms with Crippen molar-refractivity contribution in [2.45, 2.75) is 0 Å². The van der Waals surface area contributed by atoms with Gasteiger partial charge in [-0.1, -0.05) is 109 Å². The van der Waals surface area contributed by atoms with E-state index in [9.17, 15) is 0 Å². The molecule has 0 radical (unpaired) electrons. The summed E-state index contributed by atoms with van der Waals surface area (Å²) in [6.45, 7) is 0. The lowest BCUT2D eigenvalue weighted by atomic mass is 10.1. The van der Waals surface area contributed by atoms with Crippen molar-refractivity contribution in [1.82, 2.24) is 9.97 Å². The van der Waals surface area contributed by atoms with Crippen LogP contribution in [0.5, 0.6) is 0 Å². The molecule has 0 saturated heterocycles. The van der Waals surface area contributed by atoms with Gasteiger partial charge in [-0.3, -0.25) is 9.97 Å². The Morgan fingerprint density at radius 1 is 0.240 bits per heavy atom. The fraction of sp³-hybridized carbons (Fsp3) is 0. The van der Waals surface area contributed by atoms with Gasteiger partial charge in [0.2, 0.25) is 0 Å². The van der Waals surface area contributed by atoms with E-state index in [0.717, 1.165) is 56.4 Å². The standard InChI is InChI=1S/2C23H18N2/c2*1-3-9-21(10-4-1)25(22-11-5-2-6-12-22)23-15-13-19(14-16-23)20-8-7-17-24-18-20/h2*1-18H. The van der Waals surface area contributed by atoms with Crippen molar-refractivity contribution < 1.29 is 0 Å². The molecule has 0 aliphatic carbocycles. The van der Waals surface area contributed by atoms with Gasteiger partial charge in [0.05, 0.1) is 0 Å². The van der Waals surface area contributed by atoms with Crippen LogP contribution in [-0.2, 0) is 0 Å². The van der Waals surface area contributed by atoms with E-state index in [0.29, 0.717) is 0 Å². The Labute approximate surface area is 294 Å². The van der Waals surface area contributed by atoms with Gasteiger partial charge in [-0.15, -0.1) is 0 Å². The fourth-order valence-corrected chi connectivity index (χ4v) is 5.88. The molecule has 2 heterocycles. The molecule has 0 aliphatic rings. The molecule has 4 nitrogen and oxygen atoms in total. The third-order valence-electron chi connectivity index (χ3n) is 8.30. The zero-order chi connectivity index (χ0) is 33.8. The van der Waals surface area contributed by atoms with Crippen LogP contribution in [0.25, 0.3) is 22.3 Å². The molecule has 2 aromatic heterocycles. The second kappa shape index (κ2) is 15.9. The van der Waals surface area contributed by atoms with Gasteiger partial charge in [-0.05, 0) is 107 Å². The van der Waals surface area contributed by atoms with Crippen molar-refractivity contribution in [3.05, 3.63) is 219 Å². The molecule has 8 rings (SSSR count). The molecule has 0 saturated carbocycles. The maximum Gasteiger partial charge on any atom is 0.0462 e. The zero-order valence-electron chi connectivity index (χ0n) is 27.6. The molecule has 0 N–H and O–H groups in total. The molecule has 240 valence electrons. The molecule has 0 atom stereocenters. The summed E-state index contributed by atoms with van der Waals surface area (Å²) in [5.74, 6) is 0. The molecular weight excluding hydrogens is 609 g/mol. The summed E-state index contributed by atoms with van der Waals surface area (Å²) < 4.78 is 0. The summed E-state index contributed by atoms with van der Waals surface area (Å²) in [4.78, 5) is 12.9. The van der Waals surface area contributed by atoms with E-state index in [1.165, 1.54) is 0 Å². The minimum Gasteiger partial charge on any atom is -0.311 e. The van der Waals surface area contributed by atoms with Crippen LogP contribution in [-0.4, -0.2) is 9.97 Å². The van der Waals surface area contributed by atoms with Crippen LogP contribution in [0.3, 0.4) is 0 Å². The molecule has 0 spiro atoms. The SMILES string of the molecule is c1ccc(N(c2ccccc2)c2ccc(-c3cccnc3)cc2)cc1.c1ccc(N(c2ccccc2)c2ccc(-c3cccnc3)cc2)cc1. The molecule has 0 amide bonds. The molecule has 0 fully saturated rings. The first-order valence-corrected chi connectivity index (χ1v) is 16.6. The summed E-state index contributed by atoms with van der Waals surface area (Å²) in [7, 11) is 0. The van der Waals surface area contributed by atoms with Crippen LogP contribution in [0.4, 0.5) is 34.1 Å². The minimum atomic E-state index is 1.13. The number of anilines is 6. The number of hydrogen-bond acceptors (Lipinski definition) is 4. The Bertz CT molecular complexity index is 1920. The average Bonchev–Trinajstić information content (AvgIpc) is 3.21. The van der Waals surface area contributed by atoms with Crippen LogP contribution in [0, 0.1) is 0 Å². The second-order valence-electron chi connectivity index (χ2n) is 11.6. The molecule has 0 aliphatic heterocycles. The molecule has 8 aromatic rings. The number of para-hydroxylation sites is 4. The summed E-state index contributed by atoms with van der Waals surface area (Å²) in [5.41, 5.74) is 11.4. The van der Waals surface area contributed by atoms with Crippen molar-refractivity contribution in [1.29, 1.82) is 0 Å². The van der Waals surface area contributed by atoms with Crippen molar-refractivity contribution in [2.24, 2.45) is 0 Å². The second-order valence-corrected chi connectivity index (χ2v) is 11.6. The van der Waals surface area contributed by atoms with Crippen molar-refractivity contribution in [2.75, 3.05) is 9.80 Å². The Morgan fingerprint density at radius 2 is 0.520 bits per heavy atom. The lowest BCUT2D eigenvalue weighted by Gasteiger charge is -2.25. The molecule has 6 aromatic carbocycles. The van der Waals surface area contributed by atoms with Gasteiger partial charge in [-0.2, -0.15) is 0 Å². The van der Waals surface area contributed by atoms with Crippen LogP contribution >= 0.6 is 0 Å². The van der Waals surface area contributed by atoms with Crippen molar-refractivity contribution in [3.63, 3.8) is 0 Å².